The van der Waals surface area contributed by atoms with E-state index in [9.17, 15) is 0 Å². The smallest absolute Gasteiger partial charge is 0.164 e. The van der Waals surface area contributed by atoms with Crippen LogP contribution in [0, 0.1) is 0 Å². The van der Waals surface area contributed by atoms with Crippen molar-refractivity contribution in [2.24, 2.45) is 0 Å². The van der Waals surface area contributed by atoms with Gasteiger partial charge in [-0.1, -0.05) is 140 Å². The molecule has 0 unspecified atom stereocenters. The quantitative estimate of drug-likeness (QED) is 0.164. The summed E-state index contributed by atoms with van der Waals surface area (Å²) < 4.78 is 8.76. The second kappa shape index (κ2) is 13.0. The Labute approximate surface area is 336 Å². The average Bonchev–Trinajstić information content (AvgIpc) is 3.87. The minimum absolute atomic E-state index is 0.582. The molecule has 0 amide bonds. The Hall–Kier alpha value is -7.54. The van der Waals surface area contributed by atoms with Crippen molar-refractivity contribution in [2.75, 3.05) is 0 Å². The molecule has 58 heavy (non-hydrogen) atoms. The molecule has 0 radical (unpaired) electrons. The first kappa shape index (κ1) is 32.7. The molecule has 0 aliphatic heterocycles. The molecule has 12 aromatic rings. The Morgan fingerprint density at radius 2 is 0.966 bits per heavy atom. The molecule has 0 aliphatic rings. The lowest BCUT2D eigenvalue weighted by atomic mass is 9.98. The van der Waals surface area contributed by atoms with Crippen LogP contribution in [0.3, 0.4) is 0 Å². The van der Waals surface area contributed by atoms with Gasteiger partial charge in [0.15, 0.2) is 17.5 Å². The summed E-state index contributed by atoms with van der Waals surface area (Å²) in [6, 6.07) is 63.2. The molecule has 0 saturated heterocycles. The fraction of sp³-hybridized carbons (Fsp3) is 0. The summed E-state index contributed by atoms with van der Waals surface area (Å²) in [5.41, 5.74) is 9.61. The maximum Gasteiger partial charge on any atom is 0.164 e. The van der Waals surface area contributed by atoms with Crippen molar-refractivity contribution in [1.82, 2.24) is 19.9 Å². The minimum atomic E-state index is 0.582. The number of hydrogen-bond donors (Lipinski definition) is 0. The summed E-state index contributed by atoms with van der Waals surface area (Å²) in [5, 5.41) is 8.04. The van der Waals surface area contributed by atoms with E-state index in [0.717, 1.165) is 77.3 Å². The Balaban J connectivity index is 1.08. The van der Waals surface area contributed by atoms with Crippen molar-refractivity contribution >= 4 is 75.1 Å². The van der Waals surface area contributed by atoms with Gasteiger partial charge in [-0.15, -0.1) is 11.3 Å². The summed E-state index contributed by atoms with van der Waals surface area (Å²) in [6.45, 7) is 0. The van der Waals surface area contributed by atoms with Gasteiger partial charge in [-0.2, -0.15) is 0 Å². The predicted octanol–water partition coefficient (Wildman–Crippen LogP) is 14.2. The highest BCUT2D eigenvalue weighted by atomic mass is 32.1. The molecule has 12 rings (SSSR count). The van der Waals surface area contributed by atoms with E-state index >= 15 is 0 Å². The molecule has 6 heteroatoms. The van der Waals surface area contributed by atoms with Gasteiger partial charge in [0.25, 0.3) is 0 Å². The number of furan rings is 1. The zero-order valence-electron chi connectivity index (χ0n) is 30.9. The van der Waals surface area contributed by atoms with Crippen LogP contribution in [0.25, 0.3) is 120 Å². The highest BCUT2D eigenvalue weighted by Gasteiger charge is 2.20. The Morgan fingerprint density at radius 3 is 1.79 bits per heavy atom. The summed E-state index contributed by atoms with van der Waals surface area (Å²) in [4.78, 5) is 20.8. The molecule has 8 aromatic carbocycles. The monoisotopic (exact) mass is 758 g/mol. The first-order valence-corrected chi connectivity index (χ1v) is 20.1. The van der Waals surface area contributed by atoms with Crippen molar-refractivity contribution in [3.63, 3.8) is 0 Å². The van der Waals surface area contributed by atoms with Crippen LogP contribution in [-0.2, 0) is 0 Å². The molecule has 0 N–H and O–H groups in total. The van der Waals surface area contributed by atoms with E-state index in [1.165, 1.54) is 25.6 Å². The van der Waals surface area contributed by atoms with Crippen molar-refractivity contribution < 1.29 is 4.42 Å². The number of hydrogen-bond acceptors (Lipinski definition) is 6. The molecule has 0 atom stereocenters. The lowest BCUT2D eigenvalue weighted by Gasteiger charge is -2.12. The SMILES string of the molecule is c1ccc(-c2ccccc2-c2nc(-c3ccc4c(c3)oc3ccccc34)nc(-c3ccc4sc5c(ccc6c(-c7ccccc7)nc7ccccc7c65)c4c3)n2)cc1. The number of fused-ring (bicyclic) bond motifs is 10. The van der Waals surface area contributed by atoms with Crippen LogP contribution in [-0.4, -0.2) is 19.9 Å². The average molecular weight is 759 g/mol. The zero-order chi connectivity index (χ0) is 38.2. The number of pyridine rings is 1. The normalized spacial score (nSPS) is 11.8. The summed E-state index contributed by atoms with van der Waals surface area (Å²) in [5.74, 6) is 1.80. The number of thiophene rings is 1. The number of benzene rings is 8. The van der Waals surface area contributed by atoms with Gasteiger partial charge in [0.05, 0.1) is 11.2 Å². The standard InChI is InChI=1S/C52H30N4OS/c1-3-13-31(14-4-1)35-17-7-8-19-39(35)52-55-50(54-51(56-52)34-23-25-37-36-18-10-12-22-44(36)57-45(37)30-34)33-24-28-46-42(29-33)38-26-27-41-47(49(38)58-46)40-20-9-11-21-43(40)53-48(41)32-15-5-2-6-16-32/h1-30H. The highest BCUT2D eigenvalue weighted by molar-refractivity contribution is 7.26. The van der Waals surface area contributed by atoms with Crippen molar-refractivity contribution in [3.8, 4) is 56.5 Å². The summed E-state index contributed by atoms with van der Waals surface area (Å²) in [7, 11) is 0. The zero-order valence-corrected chi connectivity index (χ0v) is 31.7. The van der Waals surface area contributed by atoms with Crippen LogP contribution in [0.4, 0.5) is 0 Å². The van der Waals surface area contributed by atoms with Crippen molar-refractivity contribution in [2.45, 2.75) is 0 Å². The van der Waals surface area contributed by atoms with Gasteiger partial charge in [-0.05, 0) is 53.6 Å². The largest absolute Gasteiger partial charge is 0.456 e. The lowest BCUT2D eigenvalue weighted by Crippen LogP contribution is -2.01. The third-order valence-corrected chi connectivity index (χ3v) is 12.3. The van der Waals surface area contributed by atoms with Gasteiger partial charge in [-0.25, -0.2) is 19.9 Å². The first-order chi connectivity index (χ1) is 28.7. The van der Waals surface area contributed by atoms with Crippen molar-refractivity contribution in [1.29, 1.82) is 0 Å². The summed E-state index contributed by atoms with van der Waals surface area (Å²) in [6.07, 6.45) is 0. The number of rotatable bonds is 5. The van der Waals surface area contributed by atoms with E-state index in [4.69, 9.17) is 24.4 Å². The topological polar surface area (TPSA) is 64.7 Å². The van der Waals surface area contributed by atoms with Crippen LogP contribution in [0.2, 0.25) is 0 Å². The predicted molar refractivity (Wildman–Crippen MR) is 240 cm³/mol. The maximum atomic E-state index is 6.32. The summed E-state index contributed by atoms with van der Waals surface area (Å²) >= 11 is 1.82. The number of nitrogens with zero attached hydrogens (tertiary/aromatic N) is 4. The van der Waals surface area contributed by atoms with E-state index in [1.54, 1.807) is 0 Å². The van der Waals surface area contributed by atoms with Crippen LogP contribution < -0.4 is 0 Å². The molecule has 270 valence electrons. The van der Waals surface area contributed by atoms with E-state index in [-0.39, 0.29) is 0 Å². The second-order valence-corrected chi connectivity index (χ2v) is 15.6. The fourth-order valence-corrected chi connectivity index (χ4v) is 9.64. The van der Waals surface area contributed by atoms with Crippen LogP contribution in [0.1, 0.15) is 0 Å². The van der Waals surface area contributed by atoms with E-state index in [2.05, 4.69) is 140 Å². The van der Waals surface area contributed by atoms with Crippen LogP contribution in [0.5, 0.6) is 0 Å². The lowest BCUT2D eigenvalue weighted by molar-refractivity contribution is 0.669. The second-order valence-electron chi connectivity index (χ2n) is 14.5. The van der Waals surface area contributed by atoms with Gasteiger partial charge < -0.3 is 4.42 Å². The third kappa shape index (κ3) is 5.23. The molecule has 0 aliphatic carbocycles. The molecule has 5 nitrogen and oxygen atoms in total. The Kier molecular flexibility index (Phi) is 7.33. The van der Waals surface area contributed by atoms with Crippen LogP contribution in [0.15, 0.2) is 186 Å². The molecule has 0 spiro atoms. The van der Waals surface area contributed by atoms with E-state index in [1.807, 2.05) is 53.8 Å². The molecule has 0 fully saturated rings. The molecular formula is C52H30N4OS. The van der Waals surface area contributed by atoms with Gasteiger partial charge in [-0.3, -0.25) is 0 Å². The Morgan fingerprint density at radius 1 is 0.362 bits per heavy atom. The minimum Gasteiger partial charge on any atom is -0.456 e. The van der Waals surface area contributed by atoms with Gasteiger partial charge in [0.1, 0.15) is 11.2 Å². The Bertz CT molecular complexity index is 3570. The number of aromatic nitrogens is 4. The van der Waals surface area contributed by atoms with Gasteiger partial charge in [0, 0.05) is 69.4 Å². The van der Waals surface area contributed by atoms with E-state index < -0.39 is 0 Å². The molecule has 4 heterocycles. The van der Waals surface area contributed by atoms with E-state index in [0.29, 0.717) is 17.5 Å². The van der Waals surface area contributed by atoms with Crippen molar-refractivity contribution in [3.05, 3.63) is 182 Å². The fourth-order valence-electron chi connectivity index (χ4n) is 8.39. The highest BCUT2D eigenvalue weighted by Crippen LogP contribution is 2.44. The third-order valence-electron chi connectivity index (χ3n) is 11.1. The molecule has 0 saturated carbocycles. The van der Waals surface area contributed by atoms with Gasteiger partial charge in [0.2, 0.25) is 0 Å². The molecular weight excluding hydrogens is 729 g/mol. The maximum absolute atomic E-state index is 6.32. The van der Waals surface area contributed by atoms with Crippen LogP contribution >= 0.6 is 11.3 Å². The molecule has 4 aromatic heterocycles. The molecule has 0 bridgehead atoms. The number of para-hydroxylation sites is 2. The van der Waals surface area contributed by atoms with Gasteiger partial charge >= 0.3 is 0 Å². The first-order valence-electron chi connectivity index (χ1n) is 19.3.